The van der Waals surface area contributed by atoms with Crippen LogP contribution in [0, 0.1) is 0 Å². The van der Waals surface area contributed by atoms with E-state index in [0.29, 0.717) is 5.02 Å². The van der Waals surface area contributed by atoms with Crippen molar-refractivity contribution in [2.24, 2.45) is 0 Å². The minimum Gasteiger partial charge on any atom is -0.357 e. The van der Waals surface area contributed by atoms with Crippen molar-refractivity contribution >= 4 is 50.7 Å². The first-order valence-electron chi connectivity index (χ1n) is 12.8. The Morgan fingerprint density at radius 3 is 1.98 bits per heavy atom. The molecule has 4 rings (SSSR count). The molecule has 0 aliphatic carbocycles. The van der Waals surface area contributed by atoms with Gasteiger partial charge in [0.2, 0.25) is 11.8 Å². The van der Waals surface area contributed by atoms with Crippen LogP contribution in [0.2, 0.25) is 10.0 Å². The molecule has 10 heteroatoms. The lowest BCUT2D eigenvalue weighted by Gasteiger charge is -2.33. The topological polar surface area (TPSA) is 86.8 Å². The first-order valence-corrected chi connectivity index (χ1v) is 15.0. The molecule has 1 atom stereocenters. The summed E-state index contributed by atoms with van der Waals surface area (Å²) in [6.07, 6.45) is 0.220. The Morgan fingerprint density at radius 1 is 0.780 bits per heavy atom. The van der Waals surface area contributed by atoms with Crippen LogP contribution in [0.1, 0.15) is 11.1 Å². The van der Waals surface area contributed by atoms with E-state index in [9.17, 15) is 18.0 Å². The van der Waals surface area contributed by atoms with Crippen LogP contribution in [-0.2, 0) is 32.6 Å². The number of benzene rings is 4. The lowest BCUT2D eigenvalue weighted by Crippen LogP contribution is -2.53. The molecular weight excluding hydrogens is 581 g/mol. The second-order valence-corrected chi connectivity index (χ2v) is 11.9. The molecule has 0 radical (unpaired) electrons. The van der Waals surface area contributed by atoms with Crippen molar-refractivity contribution in [1.29, 1.82) is 0 Å². The highest BCUT2D eigenvalue weighted by molar-refractivity contribution is 7.92. The van der Waals surface area contributed by atoms with E-state index < -0.39 is 28.5 Å². The van der Waals surface area contributed by atoms with E-state index in [1.807, 2.05) is 30.3 Å². The third-order valence-corrected chi connectivity index (χ3v) is 8.86. The molecule has 0 saturated heterocycles. The molecule has 0 aliphatic heterocycles. The van der Waals surface area contributed by atoms with Crippen molar-refractivity contribution in [3.05, 3.63) is 130 Å². The van der Waals surface area contributed by atoms with E-state index in [0.717, 1.165) is 15.4 Å². The van der Waals surface area contributed by atoms with Crippen LogP contribution in [0.3, 0.4) is 0 Å². The summed E-state index contributed by atoms with van der Waals surface area (Å²) in [6, 6.07) is 29.6. The fourth-order valence-corrected chi connectivity index (χ4v) is 6.26. The number of carbonyl (C=O) groups is 2. The normalized spacial score (nSPS) is 11.9. The molecule has 4 aromatic carbocycles. The van der Waals surface area contributed by atoms with Gasteiger partial charge in [-0.25, -0.2) is 8.42 Å². The summed E-state index contributed by atoms with van der Waals surface area (Å²) >= 11 is 12.5. The molecule has 0 heterocycles. The van der Waals surface area contributed by atoms with Gasteiger partial charge in [-0.1, -0.05) is 96.0 Å². The lowest BCUT2D eigenvalue weighted by molar-refractivity contribution is -0.139. The summed E-state index contributed by atoms with van der Waals surface area (Å²) in [5.74, 6) is -0.963. The molecule has 0 unspecified atom stereocenters. The summed E-state index contributed by atoms with van der Waals surface area (Å²) in [7, 11) is -2.71. The van der Waals surface area contributed by atoms with Gasteiger partial charge in [-0.15, -0.1) is 0 Å². The van der Waals surface area contributed by atoms with E-state index in [4.69, 9.17) is 23.2 Å². The molecular formula is C31H29Cl2N3O4S. The van der Waals surface area contributed by atoms with Crippen molar-refractivity contribution < 1.29 is 18.0 Å². The maximum Gasteiger partial charge on any atom is 0.264 e. The van der Waals surface area contributed by atoms with Gasteiger partial charge in [0.15, 0.2) is 0 Å². The summed E-state index contributed by atoms with van der Waals surface area (Å²) in [6.45, 7) is -0.542. The number of amides is 2. The Labute approximate surface area is 250 Å². The molecule has 1 N–H and O–H groups in total. The lowest BCUT2D eigenvalue weighted by atomic mass is 10.0. The summed E-state index contributed by atoms with van der Waals surface area (Å²) in [5.41, 5.74) is 1.71. The summed E-state index contributed by atoms with van der Waals surface area (Å²) < 4.78 is 28.8. The van der Waals surface area contributed by atoms with Crippen molar-refractivity contribution in [1.82, 2.24) is 10.2 Å². The zero-order valence-electron chi connectivity index (χ0n) is 22.3. The second-order valence-electron chi connectivity index (χ2n) is 9.24. The van der Waals surface area contributed by atoms with Gasteiger partial charge >= 0.3 is 0 Å². The molecule has 2 amide bonds. The van der Waals surface area contributed by atoms with Crippen LogP contribution in [0.25, 0.3) is 0 Å². The Balaban J connectivity index is 1.78. The largest absolute Gasteiger partial charge is 0.357 e. The van der Waals surface area contributed by atoms with Crippen LogP contribution in [0.4, 0.5) is 5.69 Å². The number of sulfonamides is 1. The molecule has 41 heavy (non-hydrogen) atoms. The Morgan fingerprint density at radius 2 is 1.37 bits per heavy atom. The minimum absolute atomic E-state index is 0.00380. The highest BCUT2D eigenvalue weighted by atomic mass is 35.5. The number of nitrogens with one attached hydrogen (secondary N) is 1. The Kier molecular flexibility index (Phi) is 10.0. The number of hydrogen-bond donors (Lipinski definition) is 1. The standard InChI is InChI=1S/C31H29Cl2N3O4S/c1-34-31(38)29(20-23-10-4-2-5-11-23)35(21-24-16-18-25(32)19-17-24)30(37)22-36(28-15-9-8-14-27(28)33)41(39,40)26-12-6-3-7-13-26/h2-19,29H,20-22H2,1H3,(H,34,38)/t29-/m1/s1. The maximum absolute atomic E-state index is 14.2. The fourth-order valence-electron chi connectivity index (χ4n) is 4.39. The number of halogens is 2. The fraction of sp³-hybridized carbons (Fsp3) is 0.161. The number of rotatable bonds is 11. The van der Waals surface area contributed by atoms with Crippen LogP contribution in [0.5, 0.6) is 0 Å². The number of nitrogens with zero attached hydrogens (tertiary/aromatic N) is 2. The van der Waals surface area contributed by atoms with Crippen LogP contribution < -0.4 is 9.62 Å². The van der Waals surface area contributed by atoms with E-state index >= 15 is 0 Å². The number of likely N-dealkylation sites (N-methyl/N-ethyl adjacent to an activating group) is 1. The maximum atomic E-state index is 14.2. The Hall–Kier alpha value is -3.85. The average Bonchev–Trinajstić information content (AvgIpc) is 2.99. The molecule has 0 fully saturated rings. The highest BCUT2D eigenvalue weighted by Gasteiger charge is 2.34. The van der Waals surface area contributed by atoms with E-state index in [1.165, 1.54) is 24.1 Å². The van der Waals surface area contributed by atoms with Gasteiger partial charge in [0.25, 0.3) is 10.0 Å². The smallest absolute Gasteiger partial charge is 0.264 e. The van der Waals surface area contributed by atoms with Gasteiger partial charge in [0.1, 0.15) is 12.6 Å². The van der Waals surface area contributed by atoms with Crippen molar-refractivity contribution in [3.8, 4) is 0 Å². The summed E-state index contributed by atoms with van der Waals surface area (Å²) in [5, 5.41) is 3.35. The third kappa shape index (κ3) is 7.47. The van der Waals surface area contributed by atoms with E-state index in [2.05, 4.69) is 5.32 Å². The molecule has 0 aromatic heterocycles. The number of para-hydroxylation sites is 1. The molecule has 212 valence electrons. The van der Waals surface area contributed by atoms with E-state index in [1.54, 1.807) is 66.7 Å². The van der Waals surface area contributed by atoms with Crippen LogP contribution in [-0.4, -0.2) is 44.8 Å². The zero-order chi connectivity index (χ0) is 29.4. The second kappa shape index (κ2) is 13.7. The van der Waals surface area contributed by atoms with Gasteiger partial charge in [0, 0.05) is 25.0 Å². The monoisotopic (exact) mass is 609 g/mol. The van der Waals surface area contributed by atoms with Gasteiger partial charge in [0.05, 0.1) is 15.6 Å². The number of carbonyl (C=O) groups excluding carboxylic acids is 2. The minimum atomic E-state index is -4.21. The van der Waals surface area contributed by atoms with Crippen molar-refractivity contribution in [3.63, 3.8) is 0 Å². The van der Waals surface area contributed by atoms with Gasteiger partial charge in [-0.3, -0.25) is 13.9 Å². The van der Waals surface area contributed by atoms with Crippen LogP contribution >= 0.6 is 23.2 Å². The molecule has 0 spiro atoms. The molecule has 4 aromatic rings. The summed E-state index contributed by atoms with van der Waals surface area (Å²) in [4.78, 5) is 28.9. The van der Waals surface area contributed by atoms with Crippen molar-refractivity contribution in [2.75, 3.05) is 17.9 Å². The van der Waals surface area contributed by atoms with Gasteiger partial charge in [-0.05, 0) is 47.5 Å². The average molecular weight is 611 g/mol. The van der Waals surface area contributed by atoms with Gasteiger partial charge in [-0.2, -0.15) is 0 Å². The SMILES string of the molecule is CNC(=O)[C@@H](Cc1ccccc1)N(Cc1ccc(Cl)cc1)C(=O)CN(c1ccccc1Cl)S(=O)(=O)c1ccccc1. The van der Waals surface area contributed by atoms with Crippen molar-refractivity contribution in [2.45, 2.75) is 23.9 Å². The predicted molar refractivity (Wildman–Crippen MR) is 162 cm³/mol. The van der Waals surface area contributed by atoms with Gasteiger partial charge < -0.3 is 10.2 Å². The molecule has 7 nitrogen and oxygen atoms in total. The first-order chi connectivity index (χ1) is 19.7. The Bertz CT molecular complexity index is 1580. The van der Waals surface area contributed by atoms with Crippen LogP contribution in [0.15, 0.2) is 114 Å². The molecule has 0 aliphatic rings. The highest BCUT2D eigenvalue weighted by Crippen LogP contribution is 2.31. The molecule has 0 bridgehead atoms. The zero-order valence-corrected chi connectivity index (χ0v) is 24.6. The number of hydrogen-bond acceptors (Lipinski definition) is 4. The van der Waals surface area contributed by atoms with E-state index in [-0.39, 0.29) is 34.5 Å². The third-order valence-electron chi connectivity index (χ3n) is 6.51. The predicted octanol–water partition coefficient (Wildman–Crippen LogP) is 5.57. The molecule has 0 saturated carbocycles. The number of anilines is 1. The quantitative estimate of drug-likeness (QED) is 0.241. The first kappa shape index (κ1) is 30.1.